The summed E-state index contributed by atoms with van der Waals surface area (Å²) in [5.41, 5.74) is -5.48. The van der Waals surface area contributed by atoms with Gasteiger partial charge in [0.15, 0.2) is 11.2 Å². The summed E-state index contributed by atoms with van der Waals surface area (Å²) in [6.45, 7) is 0. The first-order valence-electron chi connectivity index (χ1n) is 6.34. The summed E-state index contributed by atoms with van der Waals surface area (Å²) >= 11 is 0. The maximum Gasteiger partial charge on any atom is 0.336 e. The van der Waals surface area contributed by atoms with E-state index in [-0.39, 0.29) is 83.5 Å². The van der Waals surface area contributed by atoms with E-state index in [2.05, 4.69) is 0 Å². The fourth-order valence-corrected chi connectivity index (χ4v) is 1.43. The summed E-state index contributed by atoms with van der Waals surface area (Å²) in [4.78, 5) is 61.0. The van der Waals surface area contributed by atoms with Gasteiger partial charge in [0.05, 0.1) is 25.7 Å². The van der Waals surface area contributed by atoms with Crippen LogP contribution < -0.4 is 0 Å². The maximum absolute atomic E-state index is 10.3. The summed E-state index contributed by atoms with van der Waals surface area (Å²) < 4.78 is 0. The minimum atomic E-state index is -2.74. The maximum atomic E-state index is 10.3. The molecule has 28 heavy (non-hydrogen) atoms. The zero-order chi connectivity index (χ0) is 21.3. The Morgan fingerprint density at radius 2 is 0.607 bits per heavy atom. The largest absolute Gasteiger partial charge is 0.481 e. The Morgan fingerprint density at radius 1 is 0.464 bits per heavy atom. The van der Waals surface area contributed by atoms with E-state index in [4.69, 9.17) is 40.9 Å². The minimum Gasteiger partial charge on any atom is -0.481 e. The molecule has 0 radical (unpaired) electrons. The van der Waals surface area contributed by atoms with Crippen LogP contribution in [0.1, 0.15) is 25.7 Å². The first-order chi connectivity index (χ1) is 11.6. The van der Waals surface area contributed by atoms with Gasteiger partial charge >= 0.3 is 35.8 Å². The van der Waals surface area contributed by atoms with Gasteiger partial charge in [-0.05, 0) is 0 Å². The second kappa shape index (κ2) is 15.3. The van der Waals surface area contributed by atoms with Gasteiger partial charge < -0.3 is 40.9 Å². The van der Waals surface area contributed by atoms with Gasteiger partial charge in [0.2, 0.25) is 0 Å². The average molecular weight is 664 g/mol. The standard InChI is InChI=1S/2C6H8O7.2Ce/c2*7-3(8)1-6(13,5(11)12)2-4(9)10;;/h2*13H,1-2H2,(H,7,8)(H,9,10)(H,11,12);;. The Hall–Kier alpha value is -0.507. The van der Waals surface area contributed by atoms with Crippen molar-refractivity contribution in [3.8, 4) is 0 Å². The first-order valence-corrected chi connectivity index (χ1v) is 6.34. The van der Waals surface area contributed by atoms with Gasteiger partial charge in [-0.15, -0.1) is 0 Å². The fraction of sp³-hybridized carbons (Fsp3) is 0.500. The number of carbonyl (C=O) groups is 6. The van der Waals surface area contributed by atoms with Crippen molar-refractivity contribution in [2.75, 3.05) is 0 Å². The number of hydrogen-bond donors (Lipinski definition) is 8. The van der Waals surface area contributed by atoms with Crippen LogP contribution in [0.25, 0.3) is 0 Å². The zero-order valence-electron chi connectivity index (χ0n) is 13.9. The van der Waals surface area contributed by atoms with Gasteiger partial charge in [-0.2, -0.15) is 0 Å². The Labute approximate surface area is 223 Å². The van der Waals surface area contributed by atoms with E-state index in [9.17, 15) is 28.8 Å². The molecule has 0 spiro atoms. The molecule has 0 saturated heterocycles. The quantitative estimate of drug-likeness (QED) is 0.120. The van der Waals surface area contributed by atoms with Gasteiger partial charge in [-0.1, -0.05) is 0 Å². The van der Waals surface area contributed by atoms with Gasteiger partial charge in [0.25, 0.3) is 0 Å². The third kappa shape index (κ3) is 15.4. The van der Waals surface area contributed by atoms with Crippen LogP contribution in [0.15, 0.2) is 0 Å². The molecular formula is C12H16Ce2O14. The van der Waals surface area contributed by atoms with Crippen molar-refractivity contribution < 1.29 is 153 Å². The van der Waals surface area contributed by atoms with Crippen LogP contribution in [-0.2, 0) is 28.8 Å². The average Bonchev–Trinajstić information content (AvgIpc) is 2.34. The van der Waals surface area contributed by atoms with Gasteiger partial charge in [0.1, 0.15) is 0 Å². The van der Waals surface area contributed by atoms with E-state index >= 15 is 0 Å². The van der Waals surface area contributed by atoms with Crippen LogP contribution in [-0.4, -0.2) is 87.9 Å². The van der Waals surface area contributed by atoms with E-state index < -0.39 is 72.7 Å². The Morgan fingerprint density at radius 3 is 0.679 bits per heavy atom. The number of rotatable bonds is 10. The third-order valence-corrected chi connectivity index (χ3v) is 2.57. The smallest absolute Gasteiger partial charge is 0.336 e. The van der Waals surface area contributed by atoms with Crippen molar-refractivity contribution in [1.29, 1.82) is 0 Å². The van der Waals surface area contributed by atoms with Crippen molar-refractivity contribution in [3.05, 3.63) is 0 Å². The van der Waals surface area contributed by atoms with Crippen LogP contribution in [0, 0.1) is 83.5 Å². The normalized spacial score (nSPS) is 10.1. The molecule has 0 aliphatic heterocycles. The predicted octanol–water partition coefficient (Wildman–Crippen LogP) is -2.50. The molecule has 0 saturated carbocycles. The molecule has 0 aliphatic rings. The molecule has 0 atom stereocenters. The summed E-state index contributed by atoms with van der Waals surface area (Å²) in [6, 6.07) is 0. The van der Waals surface area contributed by atoms with E-state index in [1.807, 2.05) is 0 Å². The Kier molecular flexibility index (Phi) is 19.2. The molecule has 0 unspecified atom stereocenters. The molecule has 0 bridgehead atoms. The van der Waals surface area contributed by atoms with Crippen molar-refractivity contribution >= 4 is 35.8 Å². The molecule has 156 valence electrons. The molecule has 16 heteroatoms. The van der Waals surface area contributed by atoms with Crippen LogP contribution in [0.4, 0.5) is 0 Å². The van der Waals surface area contributed by atoms with Gasteiger partial charge in [-0.25, -0.2) is 9.59 Å². The van der Waals surface area contributed by atoms with E-state index in [1.54, 1.807) is 0 Å². The van der Waals surface area contributed by atoms with Crippen molar-refractivity contribution in [2.24, 2.45) is 0 Å². The second-order valence-electron chi connectivity index (χ2n) is 4.96. The number of aliphatic carboxylic acids is 6. The second-order valence-corrected chi connectivity index (χ2v) is 4.96. The molecule has 0 aromatic heterocycles. The molecule has 0 aromatic carbocycles. The number of hydrogen-bond acceptors (Lipinski definition) is 8. The minimum absolute atomic E-state index is 0. The van der Waals surface area contributed by atoms with E-state index in [0.29, 0.717) is 0 Å². The number of carboxylic acid groups (broad SMARTS) is 6. The van der Waals surface area contributed by atoms with E-state index in [0.717, 1.165) is 0 Å². The van der Waals surface area contributed by atoms with Crippen LogP contribution >= 0.6 is 0 Å². The third-order valence-electron chi connectivity index (χ3n) is 2.57. The zero-order valence-corrected chi connectivity index (χ0v) is 20.1. The number of carboxylic acids is 6. The van der Waals surface area contributed by atoms with E-state index in [1.165, 1.54) is 0 Å². The van der Waals surface area contributed by atoms with Crippen LogP contribution in [0.3, 0.4) is 0 Å². The topological polar surface area (TPSA) is 264 Å². The molecule has 0 aromatic rings. The van der Waals surface area contributed by atoms with Crippen LogP contribution in [0.2, 0.25) is 0 Å². The Bertz CT molecular complexity index is 517. The molecule has 0 aliphatic carbocycles. The first kappa shape index (κ1) is 35.0. The molecule has 0 heterocycles. The van der Waals surface area contributed by atoms with Crippen molar-refractivity contribution in [3.63, 3.8) is 0 Å². The fourth-order valence-electron chi connectivity index (χ4n) is 1.43. The molecule has 8 N–H and O–H groups in total. The van der Waals surface area contributed by atoms with Crippen molar-refractivity contribution in [1.82, 2.24) is 0 Å². The Balaban J connectivity index is -0.000000192. The monoisotopic (exact) mass is 664 g/mol. The molecule has 0 fully saturated rings. The summed E-state index contributed by atoms with van der Waals surface area (Å²) in [5, 5.41) is 67.6. The summed E-state index contributed by atoms with van der Waals surface area (Å²) in [6.07, 6.45) is -4.58. The van der Waals surface area contributed by atoms with Crippen molar-refractivity contribution in [2.45, 2.75) is 36.9 Å². The molecule has 0 rings (SSSR count). The molecule has 14 nitrogen and oxygen atoms in total. The molecule has 0 amide bonds. The van der Waals surface area contributed by atoms with Gasteiger partial charge in [-0.3, -0.25) is 19.2 Å². The molecular weight excluding hydrogens is 648 g/mol. The summed E-state index contributed by atoms with van der Waals surface area (Å²) in [7, 11) is 0. The predicted molar refractivity (Wildman–Crippen MR) is 74.2 cm³/mol. The van der Waals surface area contributed by atoms with Gasteiger partial charge in [0, 0.05) is 83.5 Å². The SMILES string of the molecule is O=C(O)CC(O)(CC(=O)O)C(=O)O.O=C(O)CC(O)(CC(=O)O)C(=O)O.[Ce].[Ce]. The van der Waals surface area contributed by atoms with Crippen LogP contribution in [0.5, 0.6) is 0 Å². The number of aliphatic hydroxyl groups is 2. The summed E-state index contributed by atoms with van der Waals surface area (Å²) in [5.74, 6) is -10.0.